The summed E-state index contributed by atoms with van der Waals surface area (Å²) in [5.41, 5.74) is 1.38. The monoisotopic (exact) mass is 434 g/mol. The summed E-state index contributed by atoms with van der Waals surface area (Å²) in [6, 6.07) is 5.49. The maximum Gasteiger partial charge on any atom is 0.314 e. The minimum Gasteiger partial charge on any atom is -0.497 e. The topological polar surface area (TPSA) is 108 Å². The predicted molar refractivity (Wildman–Crippen MR) is 112 cm³/mol. The fourth-order valence-corrected chi connectivity index (χ4v) is 4.10. The molecule has 5 atom stereocenters. The molecule has 8 heteroatoms. The highest BCUT2D eigenvalue weighted by molar-refractivity contribution is 5.76. The van der Waals surface area contributed by atoms with Crippen molar-refractivity contribution < 1.29 is 38.4 Å². The van der Waals surface area contributed by atoms with Crippen LogP contribution in [0.3, 0.4) is 0 Å². The molecule has 0 heterocycles. The summed E-state index contributed by atoms with van der Waals surface area (Å²) in [6.45, 7) is 6.13. The van der Waals surface area contributed by atoms with E-state index in [1.807, 2.05) is 19.1 Å². The lowest BCUT2D eigenvalue weighted by molar-refractivity contribution is -0.166. The molecule has 0 spiro atoms. The van der Waals surface area contributed by atoms with Gasteiger partial charge in [-0.05, 0) is 43.0 Å². The van der Waals surface area contributed by atoms with Crippen LogP contribution in [0.15, 0.2) is 29.8 Å². The summed E-state index contributed by atoms with van der Waals surface area (Å²) < 4.78 is 21.7. The maximum absolute atomic E-state index is 12.0. The van der Waals surface area contributed by atoms with Crippen molar-refractivity contribution in [1.29, 1.82) is 0 Å². The quantitative estimate of drug-likeness (QED) is 0.490. The van der Waals surface area contributed by atoms with Crippen molar-refractivity contribution in [2.24, 2.45) is 11.8 Å². The van der Waals surface area contributed by atoms with Crippen LogP contribution in [0.25, 0.3) is 0 Å². The van der Waals surface area contributed by atoms with Crippen LogP contribution in [0.1, 0.15) is 45.6 Å². The number of methoxy groups -OCH3 is 2. The van der Waals surface area contributed by atoms with Gasteiger partial charge in [0, 0.05) is 25.8 Å². The fourth-order valence-electron chi connectivity index (χ4n) is 4.10. The molecule has 1 aliphatic rings. The Hall–Kier alpha value is -3.03. The summed E-state index contributed by atoms with van der Waals surface area (Å²) in [7, 11) is 3.12. The van der Waals surface area contributed by atoms with Gasteiger partial charge in [0.25, 0.3) is 0 Å². The minimum atomic E-state index is -1.10. The van der Waals surface area contributed by atoms with Gasteiger partial charge in [0.2, 0.25) is 0 Å². The summed E-state index contributed by atoms with van der Waals surface area (Å²) in [4.78, 5) is 35.5. The first-order chi connectivity index (χ1) is 14.6. The molecule has 31 heavy (non-hydrogen) atoms. The molecule has 1 aromatic carbocycles. The Morgan fingerprint density at radius 2 is 1.55 bits per heavy atom. The largest absolute Gasteiger partial charge is 0.497 e. The third-order valence-corrected chi connectivity index (χ3v) is 5.53. The maximum atomic E-state index is 12.0. The third kappa shape index (κ3) is 5.99. The van der Waals surface area contributed by atoms with Gasteiger partial charge in [-0.1, -0.05) is 12.5 Å². The summed E-state index contributed by atoms with van der Waals surface area (Å²) >= 11 is 0. The highest BCUT2D eigenvalue weighted by atomic mass is 16.6. The number of esters is 2. The number of aliphatic carboxylic acids is 1. The molecule has 8 nitrogen and oxygen atoms in total. The van der Waals surface area contributed by atoms with E-state index in [1.54, 1.807) is 33.3 Å². The Kier molecular flexibility index (Phi) is 8.08. The first-order valence-electron chi connectivity index (χ1n) is 10.1. The molecular formula is C23H30O8. The van der Waals surface area contributed by atoms with Crippen molar-refractivity contribution in [3.05, 3.63) is 35.4 Å². The molecule has 0 radical (unpaired) electrons. The second-order valence-electron chi connectivity index (χ2n) is 7.82. The van der Waals surface area contributed by atoms with E-state index < -0.39 is 42.0 Å². The van der Waals surface area contributed by atoms with Crippen molar-refractivity contribution in [3.63, 3.8) is 0 Å². The van der Waals surface area contributed by atoms with Crippen LogP contribution in [0.5, 0.6) is 11.5 Å². The van der Waals surface area contributed by atoms with Gasteiger partial charge in [-0.25, -0.2) is 0 Å². The van der Waals surface area contributed by atoms with Crippen LogP contribution in [-0.2, 0) is 23.9 Å². The zero-order valence-corrected chi connectivity index (χ0v) is 18.7. The predicted octanol–water partition coefficient (Wildman–Crippen LogP) is 3.34. The van der Waals surface area contributed by atoms with Gasteiger partial charge in [0.15, 0.2) is 0 Å². The number of hydrogen-bond donors (Lipinski definition) is 1. The number of carbonyl (C=O) groups excluding carboxylic acids is 2. The molecule has 1 aliphatic carbocycles. The van der Waals surface area contributed by atoms with E-state index in [1.165, 1.54) is 13.8 Å². The van der Waals surface area contributed by atoms with Gasteiger partial charge < -0.3 is 24.1 Å². The molecule has 170 valence electrons. The molecule has 0 aromatic heterocycles. The summed E-state index contributed by atoms with van der Waals surface area (Å²) in [5.74, 6) is -2.61. The van der Waals surface area contributed by atoms with Crippen LogP contribution in [0.4, 0.5) is 0 Å². The van der Waals surface area contributed by atoms with E-state index in [9.17, 15) is 19.5 Å². The fraction of sp³-hybridized carbons (Fsp3) is 0.522. The van der Waals surface area contributed by atoms with Crippen LogP contribution in [-0.4, -0.2) is 49.4 Å². The van der Waals surface area contributed by atoms with Crippen molar-refractivity contribution >= 4 is 17.9 Å². The number of hydrogen-bond acceptors (Lipinski definition) is 7. The normalized spacial score (nSPS) is 23.9. The van der Waals surface area contributed by atoms with E-state index in [0.717, 1.165) is 5.56 Å². The minimum absolute atomic E-state index is 0.105. The third-order valence-electron chi connectivity index (χ3n) is 5.53. The van der Waals surface area contributed by atoms with E-state index in [2.05, 4.69) is 0 Å². The lowest BCUT2D eigenvalue weighted by Gasteiger charge is -2.40. The van der Waals surface area contributed by atoms with Crippen LogP contribution < -0.4 is 9.47 Å². The van der Waals surface area contributed by atoms with Crippen molar-refractivity contribution in [1.82, 2.24) is 0 Å². The first kappa shape index (κ1) is 24.2. The van der Waals surface area contributed by atoms with E-state index in [4.69, 9.17) is 18.9 Å². The molecule has 0 fully saturated rings. The van der Waals surface area contributed by atoms with Crippen molar-refractivity contribution in [2.75, 3.05) is 14.2 Å². The van der Waals surface area contributed by atoms with Gasteiger partial charge in [0.1, 0.15) is 29.6 Å². The number of carboxylic acids is 1. The average molecular weight is 434 g/mol. The summed E-state index contributed by atoms with van der Waals surface area (Å²) in [5, 5.41) is 9.79. The van der Waals surface area contributed by atoms with Crippen molar-refractivity contribution in [3.8, 4) is 11.5 Å². The highest BCUT2D eigenvalue weighted by Crippen LogP contribution is 2.40. The molecule has 5 unspecified atom stereocenters. The Bertz CT molecular complexity index is 837. The van der Waals surface area contributed by atoms with E-state index in [0.29, 0.717) is 23.5 Å². The smallest absolute Gasteiger partial charge is 0.314 e. The second kappa shape index (κ2) is 10.3. The molecule has 1 N–H and O–H groups in total. The zero-order chi connectivity index (χ0) is 23.3. The first-order valence-corrected chi connectivity index (χ1v) is 10.1. The highest BCUT2D eigenvalue weighted by Gasteiger charge is 2.46. The van der Waals surface area contributed by atoms with Gasteiger partial charge >= 0.3 is 17.9 Å². The number of benzene rings is 1. The van der Waals surface area contributed by atoms with Crippen LogP contribution in [0, 0.1) is 11.8 Å². The summed E-state index contributed by atoms with van der Waals surface area (Å²) in [6.07, 6.45) is 0.357. The molecule has 0 saturated carbocycles. The Balaban J connectivity index is 2.47. The van der Waals surface area contributed by atoms with Crippen molar-refractivity contribution in [2.45, 2.75) is 52.2 Å². The lowest BCUT2D eigenvalue weighted by atomic mass is 9.73. The van der Waals surface area contributed by atoms with Crippen LogP contribution in [0.2, 0.25) is 0 Å². The lowest BCUT2D eigenvalue weighted by Crippen LogP contribution is -2.48. The van der Waals surface area contributed by atoms with E-state index >= 15 is 0 Å². The number of carboxylic acid groups (broad SMARTS) is 1. The number of carbonyl (C=O) groups is 3. The Morgan fingerprint density at radius 1 is 1.00 bits per heavy atom. The van der Waals surface area contributed by atoms with Gasteiger partial charge in [-0.15, -0.1) is 0 Å². The van der Waals surface area contributed by atoms with Gasteiger partial charge in [-0.2, -0.15) is 0 Å². The second-order valence-corrected chi connectivity index (χ2v) is 7.82. The SMILES string of the molecule is COc1cc(OC)cc(C(C)CC2C(OC(C)=O)C=C(C)C(C(=O)O)C2OC(C)=O)c1. The Morgan fingerprint density at radius 3 is 2.00 bits per heavy atom. The number of rotatable bonds is 8. The molecule has 0 bridgehead atoms. The van der Waals surface area contributed by atoms with Gasteiger partial charge in [0.05, 0.1) is 14.2 Å². The van der Waals surface area contributed by atoms with E-state index in [-0.39, 0.29) is 5.92 Å². The average Bonchev–Trinajstić information content (AvgIpc) is 2.68. The Labute approximate surface area is 182 Å². The molecule has 0 saturated heterocycles. The molecule has 0 amide bonds. The molecule has 0 aliphatic heterocycles. The van der Waals surface area contributed by atoms with Gasteiger partial charge in [-0.3, -0.25) is 14.4 Å². The zero-order valence-electron chi connectivity index (χ0n) is 18.7. The molecule has 1 aromatic rings. The number of ether oxygens (including phenoxy) is 4. The van der Waals surface area contributed by atoms with Crippen LogP contribution >= 0.6 is 0 Å². The molecular weight excluding hydrogens is 404 g/mol. The standard InChI is InChI=1S/C23H30O8/c1-12(16-9-17(28-5)11-18(10-16)29-6)7-19-20(30-14(3)24)8-13(2)21(23(26)27)22(19)31-15(4)25/h8-12,19-22H,7H2,1-6H3,(H,26,27). The molecule has 2 rings (SSSR count).